The molecule has 2 rings (SSSR count). The molecular formula is C15H21Cl2N4O3S+. The van der Waals surface area contributed by atoms with E-state index in [1.165, 1.54) is 11.0 Å². The van der Waals surface area contributed by atoms with E-state index in [0.717, 1.165) is 42.2 Å². The lowest BCUT2D eigenvalue weighted by atomic mass is 10.1. The van der Waals surface area contributed by atoms with Crippen molar-refractivity contribution < 1.29 is 18.1 Å². The number of nitrogens with zero attached hydrogens (tertiary/aromatic N) is 2. The highest BCUT2D eigenvalue weighted by atomic mass is 35.5. The quantitative estimate of drug-likeness (QED) is 0.698. The molecule has 1 fully saturated rings. The number of carbonyl (C=O) groups excluding carboxylic acids is 1. The predicted molar refractivity (Wildman–Crippen MR) is 100 cm³/mol. The molecule has 1 aromatic rings. The average Bonchev–Trinajstić information content (AvgIpc) is 2.54. The van der Waals surface area contributed by atoms with E-state index in [1.807, 2.05) is 0 Å². The van der Waals surface area contributed by atoms with Gasteiger partial charge in [-0.05, 0) is 12.1 Å². The Bertz CT molecular complexity index is 773. The summed E-state index contributed by atoms with van der Waals surface area (Å²) < 4.78 is 25.1. The van der Waals surface area contributed by atoms with Gasteiger partial charge in [0.05, 0.1) is 42.1 Å². The van der Waals surface area contributed by atoms with Gasteiger partial charge >= 0.3 is 0 Å². The number of sulfonamides is 1. The van der Waals surface area contributed by atoms with E-state index in [0.29, 0.717) is 0 Å². The van der Waals surface area contributed by atoms with Crippen molar-refractivity contribution in [3.05, 3.63) is 28.2 Å². The lowest BCUT2D eigenvalue weighted by molar-refractivity contribution is -0.880. The van der Waals surface area contributed by atoms with Crippen LogP contribution in [0, 0.1) is 0 Å². The highest BCUT2D eigenvalue weighted by Crippen LogP contribution is 2.33. The zero-order valence-corrected chi connectivity index (χ0v) is 16.4. The normalized spacial score (nSPS) is 17.9. The van der Waals surface area contributed by atoms with E-state index in [2.05, 4.69) is 17.6 Å². The minimum absolute atomic E-state index is 0.0759. The SMILES string of the molecule is C[NH+]1CCC(=NNC(=O)CN(c2cccc(Cl)c2Cl)S(C)(=O)=O)CC1. The number of rotatable bonds is 5. The number of likely N-dealkylation sites (tertiary alicyclic amines) is 1. The Morgan fingerprint density at radius 3 is 2.56 bits per heavy atom. The van der Waals surface area contributed by atoms with Gasteiger partial charge in [-0.1, -0.05) is 29.3 Å². The van der Waals surface area contributed by atoms with E-state index < -0.39 is 22.5 Å². The minimum Gasteiger partial charge on any atom is -0.337 e. The highest BCUT2D eigenvalue weighted by Gasteiger charge is 2.24. The highest BCUT2D eigenvalue weighted by molar-refractivity contribution is 7.92. The molecule has 1 amide bonds. The molecule has 10 heteroatoms. The number of halogens is 2. The standard InChI is InChI=1S/C15H20Cl2N4O3S/c1-20-8-6-11(7-9-20)18-19-14(22)10-21(25(2,23)24)13-5-3-4-12(16)15(13)17/h3-5H,6-10H2,1-2H3,(H,19,22)/p+1. The maximum atomic E-state index is 12.2. The summed E-state index contributed by atoms with van der Waals surface area (Å²) in [6.45, 7) is 1.49. The second kappa shape index (κ2) is 8.35. The summed E-state index contributed by atoms with van der Waals surface area (Å²) in [6.07, 6.45) is 2.62. The van der Waals surface area contributed by atoms with Crippen molar-refractivity contribution in [2.24, 2.45) is 5.10 Å². The Hall–Kier alpha value is -1.35. The molecular weight excluding hydrogens is 387 g/mol. The number of hydrazone groups is 1. The number of quaternary nitrogens is 1. The van der Waals surface area contributed by atoms with Crippen molar-refractivity contribution in [3.8, 4) is 0 Å². The molecule has 0 spiro atoms. The summed E-state index contributed by atoms with van der Waals surface area (Å²) >= 11 is 12.0. The summed E-state index contributed by atoms with van der Waals surface area (Å²) in [6, 6.07) is 4.61. The van der Waals surface area contributed by atoms with Crippen molar-refractivity contribution >= 4 is 50.5 Å². The number of amides is 1. The molecule has 0 aliphatic carbocycles. The molecule has 1 saturated heterocycles. The smallest absolute Gasteiger partial charge is 0.260 e. The van der Waals surface area contributed by atoms with Gasteiger partial charge in [0.1, 0.15) is 6.54 Å². The molecule has 2 N–H and O–H groups in total. The van der Waals surface area contributed by atoms with Gasteiger partial charge in [-0.2, -0.15) is 5.10 Å². The van der Waals surface area contributed by atoms with E-state index in [1.54, 1.807) is 12.1 Å². The topological polar surface area (TPSA) is 83.3 Å². The van der Waals surface area contributed by atoms with Crippen LogP contribution in [0.1, 0.15) is 12.8 Å². The van der Waals surface area contributed by atoms with Crippen LogP contribution in [0.2, 0.25) is 10.0 Å². The second-order valence-electron chi connectivity index (χ2n) is 6.01. The summed E-state index contributed by atoms with van der Waals surface area (Å²) in [5, 5.41) is 4.40. The van der Waals surface area contributed by atoms with Gasteiger partial charge in [-0.3, -0.25) is 9.10 Å². The van der Waals surface area contributed by atoms with Gasteiger partial charge in [0.2, 0.25) is 10.0 Å². The van der Waals surface area contributed by atoms with E-state index >= 15 is 0 Å². The Balaban J connectivity index is 2.11. The molecule has 1 aromatic carbocycles. The maximum absolute atomic E-state index is 12.2. The van der Waals surface area contributed by atoms with Gasteiger partial charge in [-0.25, -0.2) is 13.8 Å². The van der Waals surface area contributed by atoms with Gasteiger partial charge < -0.3 is 4.90 Å². The first-order chi connectivity index (χ1) is 11.7. The lowest BCUT2D eigenvalue weighted by Gasteiger charge is -2.23. The number of benzene rings is 1. The Morgan fingerprint density at radius 1 is 1.32 bits per heavy atom. The van der Waals surface area contributed by atoms with Crippen LogP contribution >= 0.6 is 23.2 Å². The van der Waals surface area contributed by atoms with E-state index in [4.69, 9.17) is 23.2 Å². The van der Waals surface area contributed by atoms with Gasteiger partial charge in [0, 0.05) is 18.6 Å². The Kier molecular flexibility index (Phi) is 6.67. The minimum atomic E-state index is -3.73. The summed E-state index contributed by atoms with van der Waals surface area (Å²) in [5.74, 6) is -0.541. The van der Waals surface area contributed by atoms with Crippen molar-refractivity contribution in [1.82, 2.24) is 5.43 Å². The number of piperidine rings is 1. The third-order valence-electron chi connectivity index (χ3n) is 3.91. The van der Waals surface area contributed by atoms with Crippen LogP contribution in [-0.4, -0.2) is 53.0 Å². The van der Waals surface area contributed by atoms with Crippen LogP contribution in [0.4, 0.5) is 5.69 Å². The predicted octanol–water partition coefficient (Wildman–Crippen LogP) is 0.540. The Labute approximate surface area is 157 Å². The van der Waals surface area contributed by atoms with Crippen LogP contribution in [0.25, 0.3) is 0 Å². The van der Waals surface area contributed by atoms with Gasteiger partial charge in [0.15, 0.2) is 0 Å². The summed E-state index contributed by atoms with van der Waals surface area (Å²) in [4.78, 5) is 13.6. The number of anilines is 1. The molecule has 0 unspecified atom stereocenters. The molecule has 0 radical (unpaired) electrons. The first kappa shape index (κ1) is 20.0. The number of nitrogens with one attached hydrogen (secondary N) is 2. The zero-order valence-electron chi connectivity index (χ0n) is 14.1. The van der Waals surface area contributed by atoms with Crippen LogP contribution in [0.3, 0.4) is 0 Å². The third kappa shape index (κ3) is 5.57. The van der Waals surface area contributed by atoms with Crippen molar-refractivity contribution in [2.45, 2.75) is 12.8 Å². The maximum Gasteiger partial charge on any atom is 0.260 e. The zero-order chi connectivity index (χ0) is 18.6. The fraction of sp³-hybridized carbons (Fsp3) is 0.467. The molecule has 0 atom stereocenters. The fourth-order valence-electron chi connectivity index (χ4n) is 2.45. The average molecular weight is 408 g/mol. The van der Waals surface area contributed by atoms with Crippen molar-refractivity contribution in [1.29, 1.82) is 0 Å². The molecule has 138 valence electrons. The molecule has 0 bridgehead atoms. The monoisotopic (exact) mass is 407 g/mol. The first-order valence-electron chi connectivity index (χ1n) is 7.76. The van der Waals surface area contributed by atoms with Crippen molar-refractivity contribution in [2.75, 3.05) is 37.2 Å². The van der Waals surface area contributed by atoms with E-state index in [-0.39, 0.29) is 15.7 Å². The third-order valence-corrected chi connectivity index (χ3v) is 5.84. The molecule has 7 nitrogen and oxygen atoms in total. The number of hydrogen-bond acceptors (Lipinski definition) is 4. The molecule has 0 saturated carbocycles. The number of hydrogen-bond donors (Lipinski definition) is 2. The van der Waals surface area contributed by atoms with Gasteiger partial charge in [0.25, 0.3) is 5.91 Å². The fourth-order valence-corrected chi connectivity index (χ4v) is 3.76. The van der Waals surface area contributed by atoms with Crippen LogP contribution in [0.15, 0.2) is 23.3 Å². The first-order valence-corrected chi connectivity index (χ1v) is 10.4. The molecule has 0 aromatic heterocycles. The molecule has 25 heavy (non-hydrogen) atoms. The lowest BCUT2D eigenvalue weighted by Crippen LogP contribution is -3.10. The van der Waals surface area contributed by atoms with Gasteiger partial charge in [-0.15, -0.1) is 0 Å². The number of carbonyl (C=O) groups is 1. The molecule has 1 heterocycles. The van der Waals surface area contributed by atoms with E-state index in [9.17, 15) is 13.2 Å². The van der Waals surface area contributed by atoms with Crippen LogP contribution < -0.4 is 14.6 Å². The molecule has 1 aliphatic rings. The van der Waals surface area contributed by atoms with Crippen LogP contribution in [-0.2, 0) is 14.8 Å². The van der Waals surface area contributed by atoms with Crippen LogP contribution in [0.5, 0.6) is 0 Å². The summed E-state index contributed by atoms with van der Waals surface area (Å²) in [5.41, 5.74) is 3.49. The molecule has 1 aliphatic heterocycles. The summed E-state index contributed by atoms with van der Waals surface area (Å²) in [7, 11) is -1.62. The second-order valence-corrected chi connectivity index (χ2v) is 8.70. The Morgan fingerprint density at radius 2 is 1.96 bits per heavy atom. The largest absolute Gasteiger partial charge is 0.337 e. The van der Waals surface area contributed by atoms with Crippen molar-refractivity contribution in [3.63, 3.8) is 0 Å².